The number of amides is 4. The van der Waals surface area contributed by atoms with Gasteiger partial charge in [-0.2, -0.15) is 0 Å². The van der Waals surface area contributed by atoms with Crippen molar-refractivity contribution >= 4 is 34.5 Å². The van der Waals surface area contributed by atoms with Gasteiger partial charge in [-0.3, -0.25) is 14.9 Å². The van der Waals surface area contributed by atoms with Gasteiger partial charge in [0.25, 0.3) is 11.8 Å². The molecule has 2 aliphatic rings. The Morgan fingerprint density at radius 1 is 1.11 bits per heavy atom. The third-order valence-corrected chi connectivity index (χ3v) is 7.18. The van der Waals surface area contributed by atoms with Crippen molar-refractivity contribution in [1.29, 1.82) is 0 Å². The zero-order valence-corrected chi connectivity index (χ0v) is 22.0. The van der Waals surface area contributed by atoms with Crippen molar-refractivity contribution in [3.05, 3.63) is 71.5 Å². The summed E-state index contributed by atoms with van der Waals surface area (Å²) in [7, 11) is 7.57. The number of nitrogens with zero attached hydrogens (tertiary/aromatic N) is 3. The van der Waals surface area contributed by atoms with Crippen LogP contribution in [0.25, 0.3) is 16.7 Å². The van der Waals surface area contributed by atoms with E-state index >= 15 is 0 Å². The Bertz CT molecular complexity index is 1460. The molecule has 1 aromatic heterocycles. The monoisotopic (exact) mass is 517 g/mol. The van der Waals surface area contributed by atoms with Crippen LogP contribution in [0.1, 0.15) is 27.2 Å². The molecule has 0 aliphatic carbocycles. The highest BCUT2D eigenvalue weighted by Crippen LogP contribution is 2.35. The summed E-state index contributed by atoms with van der Waals surface area (Å²) < 4.78 is 11.4. The van der Waals surface area contributed by atoms with Gasteiger partial charge in [-0.05, 0) is 61.6 Å². The summed E-state index contributed by atoms with van der Waals surface area (Å²) in [5, 5.41) is 5.80. The van der Waals surface area contributed by atoms with Crippen molar-refractivity contribution < 1.29 is 23.5 Å². The third kappa shape index (κ3) is 4.37. The molecule has 1 saturated heterocycles. The van der Waals surface area contributed by atoms with Crippen LogP contribution < -0.4 is 15.4 Å². The van der Waals surface area contributed by atoms with Crippen LogP contribution in [0, 0.1) is 0 Å². The SMILES string of the molecule is C=C(c1ccc2oc([C@]3(CN4Cc5ccc(OC)cc5C4=O)NC(=O)NC3=O)cc2c1)N(C)CCN(C)C. The van der Waals surface area contributed by atoms with Gasteiger partial charge in [0.1, 0.15) is 17.1 Å². The third-order valence-electron chi connectivity index (χ3n) is 7.18. The molecular formula is C28H31N5O5. The molecule has 198 valence electrons. The van der Waals surface area contributed by atoms with Crippen LogP contribution >= 0.6 is 0 Å². The number of ether oxygens (including phenoxy) is 1. The van der Waals surface area contributed by atoms with Crippen molar-refractivity contribution in [1.82, 2.24) is 25.3 Å². The Kier molecular flexibility index (Phi) is 6.36. The number of urea groups is 1. The molecule has 4 amide bonds. The second-order valence-corrected chi connectivity index (χ2v) is 10.0. The molecule has 2 aliphatic heterocycles. The average Bonchev–Trinajstić information content (AvgIpc) is 3.55. The van der Waals surface area contributed by atoms with Gasteiger partial charge in [-0.1, -0.05) is 12.6 Å². The fourth-order valence-corrected chi connectivity index (χ4v) is 4.87. The molecule has 1 fully saturated rings. The quantitative estimate of drug-likeness (QED) is 0.420. The number of fused-ring (bicyclic) bond motifs is 2. The summed E-state index contributed by atoms with van der Waals surface area (Å²) in [5.41, 5.74) is 2.09. The average molecular weight is 518 g/mol. The number of benzene rings is 2. The molecule has 0 spiro atoms. The minimum absolute atomic E-state index is 0.0902. The fraction of sp³-hybridized carbons (Fsp3) is 0.321. The normalized spacial score (nSPS) is 18.7. The second kappa shape index (κ2) is 9.53. The molecule has 10 nitrogen and oxygen atoms in total. The maximum Gasteiger partial charge on any atom is 0.322 e. The summed E-state index contributed by atoms with van der Waals surface area (Å²) in [5.74, 6) is 0.00199. The molecule has 10 heteroatoms. The first-order valence-corrected chi connectivity index (χ1v) is 12.3. The largest absolute Gasteiger partial charge is 0.497 e. The molecule has 2 aromatic carbocycles. The van der Waals surface area contributed by atoms with Crippen LogP contribution in [0.2, 0.25) is 0 Å². The van der Waals surface area contributed by atoms with E-state index in [1.165, 1.54) is 12.0 Å². The van der Waals surface area contributed by atoms with Gasteiger partial charge in [0.2, 0.25) is 0 Å². The first-order valence-electron chi connectivity index (χ1n) is 12.3. The molecule has 3 heterocycles. The Hall–Kier alpha value is -4.31. The zero-order valence-electron chi connectivity index (χ0n) is 22.0. The smallest absolute Gasteiger partial charge is 0.322 e. The van der Waals surface area contributed by atoms with Crippen molar-refractivity contribution in [2.24, 2.45) is 0 Å². The van der Waals surface area contributed by atoms with E-state index in [9.17, 15) is 14.4 Å². The van der Waals surface area contributed by atoms with Crippen LogP contribution in [0.4, 0.5) is 4.79 Å². The van der Waals surface area contributed by atoms with E-state index < -0.39 is 17.5 Å². The molecule has 0 bridgehead atoms. The molecule has 5 rings (SSSR count). The molecule has 1 atom stereocenters. The molecule has 0 unspecified atom stereocenters. The molecule has 0 radical (unpaired) electrons. The Morgan fingerprint density at radius 3 is 2.58 bits per heavy atom. The lowest BCUT2D eigenvalue weighted by Gasteiger charge is -2.29. The number of hydrogen-bond donors (Lipinski definition) is 2. The molecule has 0 saturated carbocycles. The number of imide groups is 1. The lowest BCUT2D eigenvalue weighted by atomic mass is 9.95. The van der Waals surface area contributed by atoms with Crippen molar-refractivity contribution in [2.45, 2.75) is 12.1 Å². The van der Waals surface area contributed by atoms with Crippen molar-refractivity contribution in [2.75, 3.05) is 47.9 Å². The number of methoxy groups -OCH3 is 1. The minimum Gasteiger partial charge on any atom is -0.497 e. The Morgan fingerprint density at radius 2 is 1.89 bits per heavy atom. The lowest BCUT2D eigenvalue weighted by molar-refractivity contribution is -0.125. The number of nitrogens with one attached hydrogen (secondary N) is 2. The van der Waals surface area contributed by atoms with Gasteiger partial charge in [0.05, 0.1) is 13.7 Å². The first kappa shape index (κ1) is 25.3. The maximum atomic E-state index is 13.2. The number of likely N-dealkylation sites (N-methyl/N-ethyl adjacent to an activating group) is 2. The van der Waals surface area contributed by atoms with Gasteiger partial charge >= 0.3 is 6.03 Å². The van der Waals surface area contributed by atoms with E-state index in [1.54, 1.807) is 18.2 Å². The van der Waals surface area contributed by atoms with Gasteiger partial charge < -0.3 is 29.2 Å². The van der Waals surface area contributed by atoms with Crippen LogP contribution in [0.5, 0.6) is 5.75 Å². The van der Waals surface area contributed by atoms with Crippen LogP contribution in [-0.2, 0) is 16.9 Å². The van der Waals surface area contributed by atoms with E-state index in [2.05, 4.69) is 27.0 Å². The van der Waals surface area contributed by atoms with Crippen molar-refractivity contribution in [3.8, 4) is 5.75 Å². The predicted octanol–water partition coefficient (Wildman–Crippen LogP) is 2.60. The number of carbonyl (C=O) groups is 3. The van der Waals surface area contributed by atoms with E-state index in [0.29, 0.717) is 23.4 Å². The van der Waals surface area contributed by atoms with E-state index in [4.69, 9.17) is 9.15 Å². The highest BCUT2D eigenvalue weighted by molar-refractivity contribution is 6.08. The Balaban J connectivity index is 1.46. The first-order chi connectivity index (χ1) is 18.1. The fourth-order valence-electron chi connectivity index (χ4n) is 4.87. The van der Waals surface area contributed by atoms with Crippen LogP contribution in [-0.4, -0.2) is 80.4 Å². The lowest BCUT2D eigenvalue weighted by Crippen LogP contribution is -2.52. The number of rotatable bonds is 9. The van der Waals surface area contributed by atoms with Crippen LogP contribution in [0.3, 0.4) is 0 Å². The van der Waals surface area contributed by atoms with Gasteiger partial charge in [-0.25, -0.2) is 4.79 Å². The van der Waals surface area contributed by atoms with E-state index in [-0.39, 0.29) is 18.2 Å². The minimum atomic E-state index is -1.57. The summed E-state index contributed by atoms with van der Waals surface area (Å²) in [6.07, 6.45) is 0. The highest BCUT2D eigenvalue weighted by Gasteiger charge is 2.53. The van der Waals surface area contributed by atoms with Crippen LogP contribution in [0.15, 0.2) is 53.5 Å². The van der Waals surface area contributed by atoms with Gasteiger partial charge in [0, 0.05) is 43.3 Å². The van der Waals surface area contributed by atoms with Gasteiger partial charge in [0.15, 0.2) is 5.54 Å². The number of furan rings is 1. The summed E-state index contributed by atoms with van der Waals surface area (Å²) >= 11 is 0. The Labute approximate surface area is 220 Å². The van der Waals surface area contributed by atoms with Crippen molar-refractivity contribution in [3.63, 3.8) is 0 Å². The molecule has 3 aromatic rings. The number of carbonyl (C=O) groups excluding carboxylic acids is 3. The number of hydrogen-bond acceptors (Lipinski definition) is 7. The van der Waals surface area contributed by atoms with E-state index in [0.717, 1.165) is 35.3 Å². The predicted molar refractivity (Wildman–Crippen MR) is 143 cm³/mol. The zero-order chi connectivity index (χ0) is 27.2. The molecule has 2 N–H and O–H groups in total. The van der Waals surface area contributed by atoms with E-state index in [1.807, 2.05) is 45.4 Å². The second-order valence-electron chi connectivity index (χ2n) is 10.0. The van der Waals surface area contributed by atoms with Gasteiger partial charge in [-0.15, -0.1) is 0 Å². The molecule has 38 heavy (non-hydrogen) atoms. The summed E-state index contributed by atoms with van der Waals surface area (Å²) in [4.78, 5) is 44.5. The summed E-state index contributed by atoms with van der Waals surface area (Å²) in [6.45, 7) is 6.15. The summed E-state index contributed by atoms with van der Waals surface area (Å²) in [6, 6.07) is 12.1. The maximum absolute atomic E-state index is 13.2. The topological polar surface area (TPSA) is 107 Å². The standard InChI is InChI=1S/C28H31N5O5/c1-17(32(4)11-10-31(2)3)18-7-9-23-20(12-18)13-24(38-23)28(26(35)29-27(36)30-28)16-33-15-19-6-8-21(37-5)14-22(19)25(33)34/h6-9,12-14H,1,10-11,15-16H2,2-5H3,(H2,29,30,35,36)/t28-/m0/s1. The molecular weight excluding hydrogens is 486 g/mol. The highest BCUT2D eigenvalue weighted by atomic mass is 16.5.